The number of nitrogens with one attached hydrogen (secondary N) is 2. The topological polar surface area (TPSA) is 41.1 Å². The van der Waals surface area contributed by atoms with Crippen molar-refractivity contribution in [3.05, 3.63) is 29.8 Å². The monoisotopic (exact) mass is 286 g/mol. The van der Waals surface area contributed by atoms with Gasteiger partial charge in [-0.1, -0.05) is 0 Å². The first kappa shape index (κ1) is 14.3. The molecule has 1 aromatic carbocycles. The van der Waals surface area contributed by atoms with Crippen LogP contribution in [0.25, 0.3) is 0 Å². The van der Waals surface area contributed by atoms with Gasteiger partial charge in [-0.3, -0.25) is 4.79 Å². The van der Waals surface area contributed by atoms with Gasteiger partial charge in [-0.05, 0) is 38.1 Å². The highest BCUT2D eigenvalue weighted by atomic mass is 32.2. The average molecular weight is 286 g/mol. The smallest absolute Gasteiger partial charge is 0.234 e. The maximum Gasteiger partial charge on any atom is 0.234 e. The van der Waals surface area contributed by atoms with Crippen LogP contribution < -0.4 is 10.6 Å². The van der Waals surface area contributed by atoms with E-state index in [0.717, 1.165) is 38.1 Å². The zero-order valence-corrected chi connectivity index (χ0v) is 11.2. The van der Waals surface area contributed by atoms with Crippen molar-refractivity contribution in [1.82, 2.24) is 5.32 Å². The molecule has 1 aliphatic rings. The number of anilines is 1. The van der Waals surface area contributed by atoms with Gasteiger partial charge in [0, 0.05) is 17.0 Å². The Morgan fingerprint density at radius 2 is 2.05 bits per heavy atom. The van der Waals surface area contributed by atoms with E-state index >= 15 is 0 Å². The first-order chi connectivity index (χ1) is 9.15. The Morgan fingerprint density at radius 3 is 2.74 bits per heavy atom. The predicted molar refractivity (Wildman–Crippen MR) is 73.3 cm³/mol. The van der Waals surface area contributed by atoms with Crippen molar-refractivity contribution in [2.45, 2.75) is 18.1 Å². The number of thioether (sulfide) groups is 1. The minimum Gasteiger partial charge on any atom is -0.325 e. The highest BCUT2D eigenvalue weighted by molar-refractivity contribution is 8.00. The van der Waals surface area contributed by atoms with E-state index in [2.05, 4.69) is 10.6 Å². The van der Waals surface area contributed by atoms with Crippen molar-refractivity contribution in [2.24, 2.45) is 0 Å². The lowest BCUT2D eigenvalue weighted by molar-refractivity contribution is -0.113. The van der Waals surface area contributed by atoms with E-state index in [1.54, 1.807) is 11.8 Å². The Morgan fingerprint density at radius 1 is 1.32 bits per heavy atom. The second-order valence-electron chi connectivity index (χ2n) is 4.44. The zero-order chi connectivity index (χ0) is 13.7. The van der Waals surface area contributed by atoms with Crippen LogP contribution in [0.3, 0.4) is 0 Å². The molecule has 1 amide bonds. The number of carbonyl (C=O) groups excluding carboxylic acids is 1. The Balaban J connectivity index is 1.78. The number of halogens is 2. The van der Waals surface area contributed by atoms with E-state index in [1.807, 2.05) is 0 Å². The lowest BCUT2D eigenvalue weighted by Crippen LogP contribution is -2.30. The quantitative estimate of drug-likeness (QED) is 0.893. The Kier molecular flexibility index (Phi) is 5.15. The molecular formula is C13H16F2N2OS. The van der Waals surface area contributed by atoms with Crippen LogP contribution in [0.1, 0.15) is 12.8 Å². The third-order valence-corrected chi connectivity index (χ3v) is 4.31. The van der Waals surface area contributed by atoms with Crippen LogP contribution in [0.4, 0.5) is 14.5 Å². The van der Waals surface area contributed by atoms with Crippen LogP contribution in [0.15, 0.2) is 18.2 Å². The highest BCUT2D eigenvalue weighted by Crippen LogP contribution is 2.20. The number of hydrogen-bond donors (Lipinski definition) is 2. The van der Waals surface area contributed by atoms with Crippen LogP contribution in [-0.2, 0) is 4.79 Å². The molecule has 0 spiro atoms. The summed E-state index contributed by atoms with van der Waals surface area (Å²) >= 11 is 1.61. The molecule has 3 nitrogen and oxygen atoms in total. The molecule has 1 heterocycles. The fourth-order valence-corrected chi connectivity index (χ4v) is 2.95. The first-order valence-electron chi connectivity index (χ1n) is 6.22. The molecule has 0 unspecified atom stereocenters. The van der Waals surface area contributed by atoms with Crippen LogP contribution >= 0.6 is 11.8 Å². The summed E-state index contributed by atoms with van der Waals surface area (Å²) in [6, 6.07) is 3.35. The van der Waals surface area contributed by atoms with Gasteiger partial charge < -0.3 is 10.6 Å². The molecule has 1 aromatic rings. The van der Waals surface area contributed by atoms with Crippen molar-refractivity contribution >= 4 is 23.4 Å². The molecule has 0 saturated carbocycles. The van der Waals surface area contributed by atoms with E-state index in [-0.39, 0.29) is 11.6 Å². The number of carbonyl (C=O) groups is 1. The molecule has 19 heavy (non-hydrogen) atoms. The molecule has 2 rings (SSSR count). The number of rotatable bonds is 4. The third-order valence-electron chi connectivity index (χ3n) is 2.94. The van der Waals surface area contributed by atoms with Crippen molar-refractivity contribution in [3.8, 4) is 0 Å². The van der Waals surface area contributed by atoms with E-state index in [1.165, 1.54) is 6.07 Å². The second-order valence-corrected chi connectivity index (χ2v) is 5.73. The molecule has 0 aromatic heterocycles. The van der Waals surface area contributed by atoms with Crippen molar-refractivity contribution in [1.29, 1.82) is 0 Å². The molecule has 0 radical (unpaired) electrons. The third kappa shape index (κ3) is 4.47. The normalized spacial score (nSPS) is 16.3. The molecule has 1 aliphatic heterocycles. The number of amides is 1. The Bertz CT molecular complexity index is 450. The van der Waals surface area contributed by atoms with Gasteiger partial charge in [-0.2, -0.15) is 0 Å². The van der Waals surface area contributed by atoms with Crippen LogP contribution in [0.5, 0.6) is 0 Å². The van der Waals surface area contributed by atoms with Gasteiger partial charge >= 0.3 is 0 Å². The standard InChI is InChI=1S/C13H16F2N2OS/c14-11-2-1-9(7-12(11)15)17-13(18)8-19-10-3-5-16-6-4-10/h1-2,7,10,16H,3-6,8H2,(H,17,18). The molecule has 0 aliphatic carbocycles. The number of piperidine rings is 1. The molecule has 104 valence electrons. The summed E-state index contributed by atoms with van der Waals surface area (Å²) in [5.74, 6) is -1.72. The lowest BCUT2D eigenvalue weighted by Gasteiger charge is -2.21. The predicted octanol–water partition coefficient (Wildman–Crippen LogP) is 2.39. The second kappa shape index (κ2) is 6.86. The van der Waals surface area contributed by atoms with E-state index < -0.39 is 11.6 Å². The summed E-state index contributed by atoms with van der Waals surface area (Å²) in [5, 5.41) is 6.33. The highest BCUT2D eigenvalue weighted by Gasteiger charge is 2.15. The number of benzene rings is 1. The summed E-state index contributed by atoms with van der Waals surface area (Å²) < 4.78 is 25.7. The van der Waals surface area contributed by atoms with Gasteiger partial charge in [-0.25, -0.2) is 8.78 Å². The maximum atomic E-state index is 13.0. The van der Waals surface area contributed by atoms with Crippen LogP contribution in [-0.4, -0.2) is 30.0 Å². The van der Waals surface area contributed by atoms with Gasteiger partial charge in [0.05, 0.1) is 5.75 Å². The molecule has 2 N–H and O–H groups in total. The molecule has 0 bridgehead atoms. The van der Waals surface area contributed by atoms with Gasteiger partial charge in [-0.15, -0.1) is 11.8 Å². The first-order valence-corrected chi connectivity index (χ1v) is 7.27. The van der Waals surface area contributed by atoms with E-state index in [9.17, 15) is 13.6 Å². The minimum atomic E-state index is -0.955. The summed E-state index contributed by atoms with van der Waals surface area (Å²) in [7, 11) is 0. The molecule has 0 atom stereocenters. The average Bonchev–Trinajstić information content (AvgIpc) is 2.42. The van der Waals surface area contributed by atoms with Crippen molar-refractivity contribution in [3.63, 3.8) is 0 Å². The van der Waals surface area contributed by atoms with Gasteiger partial charge in [0.2, 0.25) is 5.91 Å². The van der Waals surface area contributed by atoms with Crippen LogP contribution in [0, 0.1) is 11.6 Å². The van der Waals surface area contributed by atoms with Gasteiger partial charge in [0.25, 0.3) is 0 Å². The molecule has 1 saturated heterocycles. The fraction of sp³-hybridized carbons (Fsp3) is 0.462. The summed E-state index contributed by atoms with van der Waals surface area (Å²) in [6.07, 6.45) is 2.12. The molecule has 1 fully saturated rings. The molecule has 6 heteroatoms. The summed E-state index contributed by atoms with van der Waals surface area (Å²) in [6.45, 7) is 1.98. The van der Waals surface area contributed by atoms with Crippen LogP contribution in [0.2, 0.25) is 0 Å². The SMILES string of the molecule is O=C(CSC1CCNCC1)Nc1ccc(F)c(F)c1. The Labute approximate surface area is 115 Å². The summed E-state index contributed by atoms with van der Waals surface area (Å²) in [4.78, 5) is 11.7. The van der Waals surface area contributed by atoms with E-state index in [4.69, 9.17) is 0 Å². The van der Waals surface area contributed by atoms with Gasteiger partial charge in [0.1, 0.15) is 0 Å². The van der Waals surface area contributed by atoms with Crippen molar-refractivity contribution in [2.75, 3.05) is 24.2 Å². The Hall–Kier alpha value is -1.14. The lowest BCUT2D eigenvalue weighted by atomic mass is 10.2. The van der Waals surface area contributed by atoms with Crippen molar-refractivity contribution < 1.29 is 13.6 Å². The van der Waals surface area contributed by atoms with Gasteiger partial charge in [0.15, 0.2) is 11.6 Å². The largest absolute Gasteiger partial charge is 0.325 e. The zero-order valence-electron chi connectivity index (χ0n) is 10.4. The molecular weight excluding hydrogens is 270 g/mol. The summed E-state index contributed by atoms with van der Waals surface area (Å²) in [5.41, 5.74) is 0.287. The minimum absolute atomic E-state index is 0.186. The number of hydrogen-bond acceptors (Lipinski definition) is 3. The fourth-order valence-electron chi connectivity index (χ4n) is 1.93. The van der Waals surface area contributed by atoms with E-state index in [0.29, 0.717) is 11.0 Å². The maximum absolute atomic E-state index is 13.0.